The zero-order valence-electron chi connectivity index (χ0n) is 6.46. The predicted octanol–water partition coefficient (Wildman–Crippen LogP) is 1.09. The van der Waals surface area contributed by atoms with Crippen LogP contribution in [0.5, 0.6) is 0 Å². The molecule has 1 saturated heterocycles. The molecule has 0 spiro atoms. The lowest BCUT2D eigenvalue weighted by molar-refractivity contribution is 0.0521. The van der Waals surface area contributed by atoms with Crippen LogP contribution in [0.3, 0.4) is 0 Å². The van der Waals surface area contributed by atoms with Crippen LogP contribution < -0.4 is 0 Å². The molecule has 1 atom stereocenters. The van der Waals surface area contributed by atoms with Crippen molar-refractivity contribution >= 4 is 6.09 Å². The third-order valence-corrected chi connectivity index (χ3v) is 1.86. The molecule has 1 aliphatic rings. The second-order valence-electron chi connectivity index (χ2n) is 2.73. The smallest absolute Gasteiger partial charge is 0.409 e. The van der Waals surface area contributed by atoms with Crippen LogP contribution in [0.4, 0.5) is 4.79 Å². The lowest BCUT2D eigenvalue weighted by Crippen LogP contribution is -2.40. The summed E-state index contributed by atoms with van der Waals surface area (Å²) in [5.74, 6) is 0.530. The van der Waals surface area contributed by atoms with Gasteiger partial charge in [-0.3, -0.25) is 0 Å². The molecule has 10 heavy (non-hydrogen) atoms. The summed E-state index contributed by atoms with van der Waals surface area (Å²) in [6.45, 7) is 3.55. The quantitative estimate of drug-likeness (QED) is 0.550. The molecule has 1 amide bonds. The fourth-order valence-electron chi connectivity index (χ4n) is 1.06. The summed E-state index contributed by atoms with van der Waals surface area (Å²) in [4.78, 5) is 12.4. The van der Waals surface area contributed by atoms with Gasteiger partial charge >= 0.3 is 6.09 Å². The van der Waals surface area contributed by atoms with E-state index in [1.54, 1.807) is 11.9 Å². The van der Waals surface area contributed by atoms with Gasteiger partial charge in [0.1, 0.15) is 0 Å². The second-order valence-corrected chi connectivity index (χ2v) is 2.73. The first kappa shape index (κ1) is 7.38. The molecule has 0 radical (unpaired) electrons. The topological polar surface area (TPSA) is 29.5 Å². The van der Waals surface area contributed by atoms with E-state index >= 15 is 0 Å². The van der Waals surface area contributed by atoms with Crippen molar-refractivity contribution in [3.8, 4) is 0 Å². The van der Waals surface area contributed by atoms with Gasteiger partial charge in [0, 0.05) is 19.5 Å². The number of amides is 1. The van der Waals surface area contributed by atoms with Crippen molar-refractivity contribution in [3.05, 3.63) is 0 Å². The van der Waals surface area contributed by atoms with Crippen LogP contribution in [0.2, 0.25) is 0 Å². The van der Waals surface area contributed by atoms with Crippen LogP contribution in [-0.2, 0) is 4.74 Å². The van der Waals surface area contributed by atoms with Crippen molar-refractivity contribution in [2.24, 2.45) is 5.92 Å². The van der Waals surface area contributed by atoms with Crippen LogP contribution in [-0.4, -0.2) is 31.2 Å². The zero-order valence-corrected chi connectivity index (χ0v) is 6.46. The molecule has 0 unspecified atom stereocenters. The van der Waals surface area contributed by atoms with E-state index in [0.717, 1.165) is 13.0 Å². The summed E-state index contributed by atoms with van der Waals surface area (Å²) in [7, 11) is 1.77. The Morgan fingerprint density at radius 3 is 3.00 bits per heavy atom. The number of hydrogen-bond donors (Lipinski definition) is 0. The fraction of sp³-hybridized carbons (Fsp3) is 0.857. The third kappa shape index (κ3) is 1.40. The van der Waals surface area contributed by atoms with E-state index in [1.165, 1.54) is 0 Å². The van der Waals surface area contributed by atoms with Gasteiger partial charge in [-0.1, -0.05) is 6.92 Å². The van der Waals surface area contributed by atoms with Gasteiger partial charge in [0.25, 0.3) is 0 Å². The normalized spacial score (nSPS) is 26.4. The number of hydrogen-bond acceptors (Lipinski definition) is 2. The van der Waals surface area contributed by atoms with Gasteiger partial charge in [0.05, 0.1) is 6.61 Å². The molecule has 0 bridgehead atoms. The minimum Gasteiger partial charge on any atom is -0.449 e. The van der Waals surface area contributed by atoms with Crippen molar-refractivity contribution in [1.82, 2.24) is 4.90 Å². The average Bonchev–Trinajstić information content (AvgIpc) is 1.95. The highest BCUT2D eigenvalue weighted by molar-refractivity contribution is 5.67. The van der Waals surface area contributed by atoms with E-state index in [2.05, 4.69) is 6.92 Å². The first-order valence-corrected chi connectivity index (χ1v) is 3.62. The Kier molecular flexibility index (Phi) is 2.14. The van der Waals surface area contributed by atoms with E-state index in [9.17, 15) is 4.79 Å². The predicted molar refractivity (Wildman–Crippen MR) is 37.8 cm³/mol. The van der Waals surface area contributed by atoms with Crippen LogP contribution in [0.25, 0.3) is 0 Å². The lowest BCUT2D eigenvalue weighted by atomic mass is 10.1. The molecule has 0 saturated carbocycles. The van der Waals surface area contributed by atoms with E-state index in [4.69, 9.17) is 4.74 Å². The van der Waals surface area contributed by atoms with Gasteiger partial charge in [-0.2, -0.15) is 0 Å². The Balaban J connectivity index is 2.40. The van der Waals surface area contributed by atoms with E-state index < -0.39 is 0 Å². The lowest BCUT2D eigenvalue weighted by Gasteiger charge is -2.28. The molecule has 0 aliphatic carbocycles. The Hall–Kier alpha value is -0.730. The fourth-order valence-corrected chi connectivity index (χ4v) is 1.06. The van der Waals surface area contributed by atoms with E-state index in [-0.39, 0.29) is 6.09 Å². The highest BCUT2D eigenvalue weighted by Crippen LogP contribution is 2.11. The molecule has 0 aromatic rings. The Morgan fingerprint density at radius 2 is 2.50 bits per heavy atom. The first-order chi connectivity index (χ1) is 4.74. The van der Waals surface area contributed by atoms with Gasteiger partial charge in [-0.15, -0.1) is 0 Å². The molecule has 0 aromatic heterocycles. The largest absolute Gasteiger partial charge is 0.449 e. The van der Waals surface area contributed by atoms with E-state index in [1.807, 2.05) is 0 Å². The minimum absolute atomic E-state index is 0.190. The summed E-state index contributed by atoms with van der Waals surface area (Å²) >= 11 is 0. The molecule has 3 heteroatoms. The van der Waals surface area contributed by atoms with Crippen molar-refractivity contribution in [2.75, 3.05) is 20.2 Å². The molecule has 0 N–H and O–H groups in total. The number of ether oxygens (including phenoxy) is 1. The first-order valence-electron chi connectivity index (χ1n) is 3.62. The number of carbonyl (C=O) groups excluding carboxylic acids is 1. The number of rotatable bonds is 1. The Morgan fingerprint density at radius 1 is 1.80 bits per heavy atom. The van der Waals surface area contributed by atoms with Crippen molar-refractivity contribution < 1.29 is 9.53 Å². The monoisotopic (exact) mass is 143 g/mol. The van der Waals surface area contributed by atoms with Crippen molar-refractivity contribution in [3.63, 3.8) is 0 Å². The molecule has 1 heterocycles. The maximum absolute atomic E-state index is 10.8. The maximum Gasteiger partial charge on any atom is 0.409 e. The van der Waals surface area contributed by atoms with E-state index in [0.29, 0.717) is 12.5 Å². The third-order valence-electron chi connectivity index (χ3n) is 1.86. The number of nitrogens with zero attached hydrogens (tertiary/aromatic N) is 1. The van der Waals surface area contributed by atoms with Crippen molar-refractivity contribution in [1.29, 1.82) is 0 Å². The number of cyclic esters (lactones) is 1. The van der Waals surface area contributed by atoms with Gasteiger partial charge < -0.3 is 9.64 Å². The van der Waals surface area contributed by atoms with Gasteiger partial charge in [-0.05, 0) is 6.42 Å². The Bertz CT molecular complexity index is 136. The zero-order chi connectivity index (χ0) is 7.56. The highest BCUT2D eigenvalue weighted by atomic mass is 16.6. The minimum atomic E-state index is -0.190. The van der Waals surface area contributed by atoms with Crippen molar-refractivity contribution in [2.45, 2.75) is 13.3 Å². The van der Waals surface area contributed by atoms with Gasteiger partial charge in [-0.25, -0.2) is 4.79 Å². The highest BCUT2D eigenvalue weighted by Gasteiger charge is 2.22. The molecule has 3 nitrogen and oxygen atoms in total. The molecule has 0 aromatic carbocycles. The summed E-state index contributed by atoms with van der Waals surface area (Å²) in [5, 5.41) is 0. The van der Waals surface area contributed by atoms with Crippen LogP contribution in [0, 0.1) is 5.92 Å². The Labute approximate surface area is 61.0 Å². The average molecular weight is 143 g/mol. The molecular formula is C7H13NO2. The second kappa shape index (κ2) is 2.90. The molecule has 58 valence electrons. The summed E-state index contributed by atoms with van der Waals surface area (Å²) in [6.07, 6.45) is 0.891. The maximum atomic E-state index is 10.8. The summed E-state index contributed by atoms with van der Waals surface area (Å²) in [5.41, 5.74) is 0. The number of carbonyl (C=O) groups is 1. The molecular weight excluding hydrogens is 130 g/mol. The SMILES string of the molecule is CC[C@@H]1COC(=O)N(C)C1. The molecule has 1 aliphatic heterocycles. The van der Waals surface area contributed by atoms with Gasteiger partial charge in [0.2, 0.25) is 0 Å². The molecule has 1 fully saturated rings. The van der Waals surface area contributed by atoms with Crippen LogP contribution >= 0.6 is 0 Å². The van der Waals surface area contributed by atoms with Crippen LogP contribution in [0.1, 0.15) is 13.3 Å². The van der Waals surface area contributed by atoms with Crippen LogP contribution in [0.15, 0.2) is 0 Å². The van der Waals surface area contributed by atoms with Gasteiger partial charge in [0.15, 0.2) is 0 Å². The standard InChI is InChI=1S/C7H13NO2/c1-3-6-4-8(2)7(9)10-5-6/h6H,3-5H2,1-2H3/t6-/m0/s1. The summed E-state index contributed by atoms with van der Waals surface area (Å²) < 4.78 is 4.88. The molecule has 1 rings (SSSR count). The summed E-state index contributed by atoms with van der Waals surface area (Å²) in [6, 6.07) is 0.